The molecular weight excluding hydrogens is 641 g/mol. The first-order valence-electron chi connectivity index (χ1n) is 18.7. The van der Waals surface area contributed by atoms with Gasteiger partial charge < -0.3 is 9.47 Å². The molecule has 254 valence electrons. The van der Waals surface area contributed by atoms with Crippen molar-refractivity contribution in [3.8, 4) is 27.9 Å². The summed E-state index contributed by atoms with van der Waals surface area (Å²) in [4.78, 5) is 2.52. The summed E-state index contributed by atoms with van der Waals surface area (Å²) in [6.07, 6.45) is 5.96. The molecule has 2 aliphatic carbocycles. The van der Waals surface area contributed by atoms with Gasteiger partial charge in [-0.1, -0.05) is 147 Å². The van der Waals surface area contributed by atoms with Gasteiger partial charge in [0.05, 0.1) is 17.1 Å². The van der Waals surface area contributed by atoms with Crippen LogP contribution >= 0.6 is 0 Å². The highest BCUT2D eigenvalue weighted by molar-refractivity contribution is 6.10. The lowest BCUT2D eigenvalue weighted by atomic mass is 9.79. The molecule has 0 bridgehead atoms. The van der Waals surface area contributed by atoms with E-state index in [0.717, 1.165) is 6.42 Å². The van der Waals surface area contributed by atoms with Crippen molar-refractivity contribution < 1.29 is 0 Å². The molecule has 53 heavy (non-hydrogen) atoms. The second-order valence-electron chi connectivity index (χ2n) is 14.9. The van der Waals surface area contributed by atoms with Crippen molar-refractivity contribution >= 4 is 38.8 Å². The van der Waals surface area contributed by atoms with Gasteiger partial charge in [0.15, 0.2) is 0 Å². The van der Waals surface area contributed by atoms with Gasteiger partial charge in [-0.3, -0.25) is 0 Å². The van der Waals surface area contributed by atoms with Crippen LogP contribution in [0.25, 0.3) is 55.3 Å². The van der Waals surface area contributed by atoms with Gasteiger partial charge in [0, 0.05) is 33.2 Å². The minimum atomic E-state index is -0.0271. The van der Waals surface area contributed by atoms with Crippen molar-refractivity contribution in [3.05, 3.63) is 205 Å². The Balaban J connectivity index is 1.01. The van der Waals surface area contributed by atoms with Gasteiger partial charge in [-0.2, -0.15) is 0 Å². The predicted molar refractivity (Wildman–Crippen MR) is 224 cm³/mol. The van der Waals surface area contributed by atoms with E-state index in [4.69, 9.17) is 0 Å². The van der Waals surface area contributed by atoms with Gasteiger partial charge >= 0.3 is 0 Å². The Hall–Kier alpha value is -6.38. The maximum atomic E-state index is 2.54. The molecule has 1 heterocycles. The monoisotopic (exact) mass is 680 g/mol. The van der Waals surface area contributed by atoms with Gasteiger partial charge in [-0.15, -0.1) is 0 Å². The van der Waals surface area contributed by atoms with Crippen LogP contribution in [0.15, 0.2) is 194 Å². The van der Waals surface area contributed by atoms with E-state index in [-0.39, 0.29) is 11.5 Å². The standard InChI is InChI=1S/C51H40N2/c1-51(2)47-19-11-9-17-43(47)44-31-30-42(34-48(44)51)52(39-15-7-4-8-16-39)40-26-23-37(24-27-40)38-25-32-50-46(33-38)45-18-10-12-20-49(45)53(50)41-28-21-36(22-29-41)35-13-5-3-6-14-35/h3-29,31-34,42H,30H2,1-2H3. The van der Waals surface area contributed by atoms with E-state index in [1.54, 1.807) is 0 Å². The third-order valence-corrected chi connectivity index (χ3v) is 11.5. The first-order chi connectivity index (χ1) is 26.0. The summed E-state index contributed by atoms with van der Waals surface area (Å²) in [5.41, 5.74) is 16.5. The molecule has 7 aromatic carbocycles. The summed E-state index contributed by atoms with van der Waals surface area (Å²) in [7, 11) is 0. The van der Waals surface area contributed by atoms with Gasteiger partial charge in [-0.25, -0.2) is 0 Å². The van der Waals surface area contributed by atoms with Crippen LogP contribution < -0.4 is 4.90 Å². The van der Waals surface area contributed by atoms with Crippen LogP contribution in [0.1, 0.15) is 31.4 Å². The minimum Gasteiger partial charge on any atom is -0.334 e. The molecule has 0 saturated heterocycles. The van der Waals surface area contributed by atoms with Crippen molar-refractivity contribution in [1.82, 2.24) is 4.57 Å². The molecule has 2 nitrogen and oxygen atoms in total. The highest BCUT2D eigenvalue weighted by atomic mass is 15.2. The Labute approximate surface area is 311 Å². The van der Waals surface area contributed by atoms with E-state index < -0.39 is 0 Å². The number of para-hydroxylation sites is 2. The summed E-state index contributed by atoms with van der Waals surface area (Å²) in [5.74, 6) is 0. The summed E-state index contributed by atoms with van der Waals surface area (Å²) < 4.78 is 2.40. The number of anilines is 2. The van der Waals surface area contributed by atoms with Crippen molar-refractivity contribution in [3.63, 3.8) is 0 Å². The molecule has 0 radical (unpaired) electrons. The van der Waals surface area contributed by atoms with Gasteiger partial charge in [0.2, 0.25) is 0 Å². The molecule has 0 saturated carbocycles. The lowest BCUT2D eigenvalue weighted by Crippen LogP contribution is -2.32. The van der Waals surface area contributed by atoms with E-state index in [1.165, 1.54) is 83.4 Å². The Kier molecular flexibility index (Phi) is 7.33. The fraction of sp³-hybridized carbons (Fsp3) is 0.0980. The van der Waals surface area contributed by atoms with Crippen LogP contribution in [0.2, 0.25) is 0 Å². The average Bonchev–Trinajstić information content (AvgIpc) is 3.67. The number of hydrogen-bond donors (Lipinski definition) is 0. The van der Waals surface area contributed by atoms with Crippen LogP contribution in [0, 0.1) is 0 Å². The highest BCUT2D eigenvalue weighted by Crippen LogP contribution is 2.52. The van der Waals surface area contributed by atoms with Gasteiger partial charge in [-0.05, 0) is 106 Å². The highest BCUT2D eigenvalue weighted by Gasteiger charge is 2.40. The fourth-order valence-corrected chi connectivity index (χ4v) is 8.89. The number of nitrogens with zero attached hydrogens (tertiary/aromatic N) is 2. The second-order valence-corrected chi connectivity index (χ2v) is 14.9. The molecule has 10 rings (SSSR count). The van der Waals surface area contributed by atoms with Gasteiger partial charge in [0.25, 0.3) is 0 Å². The average molecular weight is 681 g/mol. The maximum Gasteiger partial charge on any atom is 0.0563 e. The zero-order valence-electron chi connectivity index (χ0n) is 30.1. The number of rotatable bonds is 6. The second kappa shape index (κ2) is 12.4. The number of hydrogen-bond acceptors (Lipinski definition) is 1. The normalized spacial score (nSPS) is 15.8. The van der Waals surface area contributed by atoms with Crippen LogP contribution in [0.5, 0.6) is 0 Å². The molecule has 1 aromatic heterocycles. The summed E-state index contributed by atoms with van der Waals surface area (Å²) in [5, 5.41) is 2.52. The Morgan fingerprint density at radius 3 is 1.91 bits per heavy atom. The van der Waals surface area contributed by atoms with Crippen LogP contribution in [0.3, 0.4) is 0 Å². The van der Waals surface area contributed by atoms with Crippen molar-refractivity contribution in [2.45, 2.75) is 31.7 Å². The van der Waals surface area contributed by atoms with E-state index in [2.05, 4.69) is 211 Å². The third-order valence-electron chi connectivity index (χ3n) is 11.5. The predicted octanol–water partition coefficient (Wildman–Crippen LogP) is 13.3. The Morgan fingerprint density at radius 2 is 1.11 bits per heavy atom. The molecule has 0 N–H and O–H groups in total. The first kappa shape index (κ1) is 31.4. The van der Waals surface area contributed by atoms with Gasteiger partial charge in [0.1, 0.15) is 0 Å². The summed E-state index contributed by atoms with van der Waals surface area (Å²) >= 11 is 0. The van der Waals surface area contributed by atoms with Crippen LogP contribution in [0.4, 0.5) is 11.4 Å². The zero-order chi connectivity index (χ0) is 35.5. The Bertz CT molecular complexity index is 2690. The molecule has 8 aromatic rings. The lowest BCUT2D eigenvalue weighted by molar-refractivity contribution is 0.644. The minimum absolute atomic E-state index is 0.0271. The van der Waals surface area contributed by atoms with Crippen molar-refractivity contribution in [1.29, 1.82) is 0 Å². The SMILES string of the molecule is CC1(C)C2=CC(N(c3ccccc3)c3ccc(-c4ccc5c(c4)c4ccccc4n5-c4ccc(-c5ccccc5)cc4)cc3)CC=C2c2ccccc21. The zero-order valence-corrected chi connectivity index (χ0v) is 30.1. The van der Waals surface area contributed by atoms with Crippen LogP contribution in [-0.4, -0.2) is 10.6 Å². The largest absolute Gasteiger partial charge is 0.334 e. The fourth-order valence-electron chi connectivity index (χ4n) is 8.89. The Morgan fingerprint density at radius 1 is 0.528 bits per heavy atom. The topological polar surface area (TPSA) is 8.17 Å². The van der Waals surface area contributed by atoms with E-state index >= 15 is 0 Å². The smallest absolute Gasteiger partial charge is 0.0563 e. The quantitative estimate of drug-likeness (QED) is 0.170. The number of fused-ring (bicyclic) bond motifs is 6. The third kappa shape index (κ3) is 5.17. The van der Waals surface area contributed by atoms with E-state index in [0.29, 0.717) is 0 Å². The van der Waals surface area contributed by atoms with Crippen LogP contribution in [-0.2, 0) is 5.41 Å². The maximum absolute atomic E-state index is 2.54. The molecule has 0 aliphatic heterocycles. The molecule has 0 amide bonds. The number of benzene rings is 7. The molecule has 1 atom stereocenters. The molecule has 2 aliphatic rings. The van der Waals surface area contributed by atoms with E-state index in [9.17, 15) is 0 Å². The molecular formula is C51H40N2. The molecule has 0 spiro atoms. The van der Waals surface area contributed by atoms with Crippen molar-refractivity contribution in [2.24, 2.45) is 0 Å². The molecule has 0 fully saturated rings. The lowest BCUT2D eigenvalue weighted by Gasteiger charge is -2.35. The van der Waals surface area contributed by atoms with Crippen molar-refractivity contribution in [2.75, 3.05) is 4.90 Å². The van der Waals surface area contributed by atoms with E-state index in [1.807, 2.05) is 0 Å². The molecule has 1 unspecified atom stereocenters. The summed E-state index contributed by atoms with van der Waals surface area (Å²) in [6, 6.07) is 64.4. The number of allylic oxidation sites excluding steroid dienone is 2. The first-order valence-corrected chi connectivity index (χ1v) is 18.7. The number of aromatic nitrogens is 1. The molecule has 2 heteroatoms. The summed E-state index contributed by atoms with van der Waals surface area (Å²) in [6.45, 7) is 4.75.